The van der Waals surface area contributed by atoms with E-state index in [2.05, 4.69) is 32.5 Å². The highest BCUT2D eigenvalue weighted by Gasteiger charge is 2.23. The van der Waals surface area contributed by atoms with Crippen LogP contribution in [-0.4, -0.2) is 69.2 Å². The Bertz CT molecular complexity index is 1690. The minimum atomic E-state index is -0.237. The topological polar surface area (TPSA) is 121 Å². The molecule has 4 heterocycles. The number of anilines is 4. The molecule has 1 aliphatic heterocycles. The number of likely N-dealkylation sites (N-methyl/N-ethyl adjacent to an activating group) is 1. The Labute approximate surface area is 235 Å². The Kier molecular flexibility index (Phi) is 6.89. The van der Waals surface area contributed by atoms with Crippen molar-refractivity contribution < 1.29 is 9.59 Å². The molecule has 0 aliphatic carbocycles. The monoisotopic (exact) mass is 552 g/mol. The highest BCUT2D eigenvalue weighted by atomic mass is 32.1. The number of hydrogen-bond donors (Lipinski definition) is 3. The number of piperazine rings is 1. The summed E-state index contributed by atoms with van der Waals surface area (Å²) in [5, 5.41) is 6.83. The normalized spacial score (nSPS) is 13.9. The van der Waals surface area contributed by atoms with Crippen molar-refractivity contribution in [3.05, 3.63) is 90.4 Å². The number of para-hydroxylation sites is 2. The standard InChI is InChI=1S/C29H28N8O2S/c1-35-13-15-36(16-14-35)28(39)21-5-4-12-37-24(17-31-26(21)37)25-18-32-29(40-25)33-20-10-8-19(9-11-20)27(38)34-23-7-3-2-6-22(23)30/h2-12,17-18H,13-16,30H2,1H3,(H,32,33)(H,34,38). The van der Waals surface area contributed by atoms with Crippen molar-refractivity contribution in [1.29, 1.82) is 0 Å². The van der Waals surface area contributed by atoms with Crippen LogP contribution >= 0.6 is 11.3 Å². The minimum Gasteiger partial charge on any atom is -0.397 e. The van der Waals surface area contributed by atoms with Gasteiger partial charge in [-0.15, -0.1) is 0 Å². The number of thiazole rings is 1. The predicted octanol–water partition coefficient (Wildman–Crippen LogP) is 4.42. The van der Waals surface area contributed by atoms with Gasteiger partial charge in [0.05, 0.1) is 33.7 Å². The van der Waals surface area contributed by atoms with Gasteiger partial charge in [-0.05, 0) is 55.6 Å². The van der Waals surface area contributed by atoms with Gasteiger partial charge in [-0.1, -0.05) is 23.5 Å². The first-order chi connectivity index (χ1) is 19.5. The van der Waals surface area contributed by atoms with E-state index in [-0.39, 0.29) is 11.8 Å². The number of imidazole rings is 1. The molecule has 0 unspecified atom stereocenters. The van der Waals surface area contributed by atoms with Crippen molar-refractivity contribution >= 4 is 51.0 Å². The second-order valence-corrected chi connectivity index (χ2v) is 10.7. The van der Waals surface area contributed by atoms with Crippen LogP contribution in [0.5, 0.6) is 0 Å². The number of pyridine rings is 1. The molecule has 1 fully saturated rings. The van der Waals surface area contributed by atoms with Gasteiger partial charge in [0.25, 0.3) is 11.8 Å². The average molecular weight is 553 g/mol. The molecular weight excluding hydrogens is 524 g/mol. The molecule has 11 heteroatoms. The van der Waals surface area contributed by atoms with E-state index in [1.54, 1.807) is 36.7 Å². The lowest BCUT2D eigenvalue weighted by molar-refractivity contribution is 0.0665. The Balaban J connectivity index is 1.16. The number of rotatable bonds is 6. The second-order valence-electron chi connectivity index (χ2n) is 9.63. The molecule has 1 aliphatic rings. The highest BCUT2D eigenvalue weighted by molar-refractivity contribution is 7.18. The lowest BCUT2D eigenvalue weighted by Crippen LogP contribution is -2.47. The summed E-state index contributed by atoms with van der Waals surface area (Å²) in [5.74, 6) is -0.231. The molecule has 1 saturated heterocycles. The highest BCUT2D eigenvalue weighted by Crippen LogP contribution is 2.32. The van der Waals surface area contributed by atoms with E-state index < -0.39 is 0 Å². The van der Waals surface area contributed by atoms with Gasteiger partial charge in [0.1, 0.15) is 5.65 Å². The van der Waals surface area contributed by atoms with E-state index in [0.717, 1.165) is 29.3 Å². The second kappa shape index (κ2) is 10.8. The first kappa shape index (κ1) is 25.5. The van der Waals surface area contributed by atoms with Crippen LogP contribution < -0.4 is 16.4 Å². The molecule has 0 saturated carbocycles. The first-order valence-corrected chi connectivity index (χ1v) is 13.7. The van der Waals surface area contributed by atoms with Crippen molar-refractivity contribution in [2.75, 3.05) is 49.6 Å². The van der Waals surface area contributed by atoms with Crippen LogP contribution in [0.2, 0.25) is 0 Å². The third kappa shape index (κ3) is 5.12. The molecule has 0 bridgehead atoms. The summed E-state index contributed by atoms with van der Waals surface area (Å²) in [7, 11) is 2.07. The predicted molar refractivity (Wildman–Crippen MR) is 158 cm³/mol. The summed E-state index contributed by atoms with van der Waals surface area (Å²) in [5.41, 5.74) is 10.4. The Morgan fingerprint density at radius 3 is 2.48 bits per heavy atom. The van der Waals surface area contributed by atoms with Crippen LogP contribution in [0, 0.1) is 0 Å². The number of carbonyl (C=O) groups excluding carboxylic acids is 2. The number of nitrogens with two attached hydrogens (primary N) is 1. The van der Waals surface area contributed by atoms with E-state index in [9.17, 15) is 9.59 Å². The average Bonchev–Trinajstić information content (AvgIpc) is 3.61. The molecule has 6 rings (SSSR count). The maximum absolute atomic E-state index is 13.2. The van der Waals surface area contributed by atoms with Gasteiger partial charge >= 0.3 is 0 Å². The zero-order valence-corrected chi connectivity index (χ0v) is 22.7. The molecule has 10 nitrogen and oxygen atoms in total. The first-order valence-electron chi connectivity index (χ1n) is 12.9. The number of nitrogens with zero attached hydrogens (tertiary/aromatic N) is 5. The van der Waals surface area contributed by atoms with Gasteiger partial charge in [0.2, 0.25) is 0 Å². The van der Waals surface area contributed by atoms with Crippen molar-refractivity contribution in [3.8, 4) is 10.6 Å². The molecule has 40 heavy (non-hydrogen) atoms. The lowest BCUT2D eigenvalue weighted by atomic mass is 10.2. The molecular formula is C29H28N8O2S. The molecule has 5 aromatic rings. The summed E-state index contributed by atoms with van der Waals surface area (Å²) in [4.78, 5) is 40.0. The largest absolute Gasteiger partial charge is 0.397 e. The molecule has 0 spiro atoms. The summed E-state index contributed by atoms with van der Waals surface area (Å²) in [6, 6.07) is 18.0. The van der Waals surface area contributed by atoms with Gasteiger partial charge < -0.3 is 26.2 Å². The smallest absolute Gasteiger partial charge is 0.257 e. The van der Waals surface area contributed by atoms with Gasteiger partial charge in [-0.25, -0.2) is 9.97 Å². The maximum atomic E-state index is 13.2. The fourth-order valence-corrected chi connectivity index (χ4v) is 5.47. The maximum Gasteiger partial charge on any atom is 0.257 e. The van der Waals surface area contributed by atoms with Crippen molar-refractivity contribution in [3.63, 3.8) is 0 Å². The minimum absolute atomic E-state index is 0.00637. The number of nitrogens with one attached hydrogen (secondary N) is 2. The summed E-state index contributed by atoms with van der Waals surface area (Å²) in [6.07, 6.45) is 5.48. The van der Waals surface area contributed by atoms with Crippen LogP contribution in [0.25, 0.3) is 16.2 Å². The number of hydrogen-bond acceptors (Lipinski definition) is 8. The number of fused-ring (bicyclic) bond motifs is 1. The van der Waals surface area contributed by atoms with Crippen LogP contribution in [0.4, 0.5) is 22.2 Å². The number of aromatic nitrogens is 3. The Morgan fingerprint density at radius 2 is 1.70 bits per heavy atom. The number of carbonyl (C=O) groups is 2. The third-order valence-electron chi connectivity index (χ3n) is 6.92. The zero-order valence-electron chi connectivity index (χ0n) is 21.9. The Morgan fingerprint density at radius 1 is 0.925 bits per heavy atom. The summed E-state index contributed by atoms with van der Waals surface area (Å²) >= 11 is 1.48. The fraction of sp³-hybridized carbons (Fsp3) is 0.172. The molecule has 2 aromatic carbocycles. The van der Waals surface area contributed by atoms with Crippen molar-refractivity contribution in [2.24, 2.45) is 0 Å². The molecule has 0 radical (unpaired) electrons. The summed E-state index contributed by atoms with van der Waals surface area (Å²) < 4.78 is 1.94. The summed E-state index contributed by atoms with van der Waals surface area (Å²) in [6.45, 7) is 3.15. The quantitative estimate of drug-likeness (QED) is 0.267. The van der Waals surface area contributed by atoms with E-state index in [1.165, 1.54) is 11.3 Å². The van der Waals surface area contributed by atoms with Gasteiger partial charge in [-0.2, -0.15) is 0 Å². The van der Waals surface area contributed by atoms with Crippen LogP contribution in [0.1, 0.15) is 20.7 Å². The number of benzene rings is 2. The van der Waals surface area contributed by atoms with Crippen LogP contribution in [-0.2, 0) is 0 Å². The van der Waals surface area contributed by atoms with E-state index >= 15 is 0 Å². The van der Waals surface area contributed by atoms with E-state index in [0.29, 0.717) is 46.4 Å². The van der Waals surface area contributed by atoms with Gasteiger partial charge in [-0.3, -0.25) is 14.0 Å². The lowest BCUT2D eigenvalue weighted by Gasteiger charge is -2.32. The van der Waals surface area contributed by atoms with Crippen molar-refractivity contribution in [2.45, 2.75) is 0 Å². The molecule has 4 N–H and O–H groups in total. The van der Waals surface area contributed by atoms with Crippen LogP contribution in [0.15, 0.2) is 79.3 Å². The Hall–Kier alpha value is -4.74. The molecule has 202 valence electrons. The van der Waals surface area contributed by atoms with Crippen molar-refractivity contribution in [1.82, 2.24) is 24.2 Å². The molecule has 0 atom stereocenters. The molecule has 2 amide bonds. The van der Waals surface area contributed by atoms with Gasteiger partial charge in [0, 0.05) is 49.8 Å². The zero-order chi connectivity index (χ0) is 27.6. The fourth-order valence-electron chi connectivity index (χ4n) is 4.62. The third-order valence-corrected chi connectivity index (χ3v) is 7.86. The van der Waals surface area contributed by atoms with E-state index in [1.807, 2.05) is 51.9 Å². The van der Waals surface area contributed by atoms with Gasteiger partial charge in [0.15, 0.2) is 5.13 Å². The number of nitrogen functional groups attached to an aromatic ring is 1. The van der Waals surface area contributed by atoms with Crippen LogP contribution in [0.3, 0.4) is 0 Å². The van der Waals surface area contributed by atoms with E-state index in [4.69, 9.17) is 5.73 Å². The SMILES string of the molecule is CN1CCN(C(=O)c2cccn3c(-c4cnc(Nc5ccc(C(=O)Nc6ccccc6N)cc5)s4)cnc23)CC1. The number of amides is 2. The molecule has 3 aromatic heterocycles.